The Labute approximate surface area is 172 Å². The molecule has 0 spiro atoms. The predicted octanol–water partition coefficient (Wildman–Crippen LogP) is 1.88. The van der Waals surface area contributed by atoms with Crippen LogP contribution in [0.3, 0.4) is 0 Å². The van der Waals surface area contributed by atoms with E-state index in [1.807, 2.05) is 0 Å². The van der Waals surface area contributed by atoms with Crippen molar-refractivity contribution in [2.45, 2.75) is 11.4 Å². The van der Waals surface area contributed by atoms with Crippen LogP contribution in [0.5, 0.6) is 5.75 Å². The number of anilines is 1. The smallest absolute Gasteiger partial charge is 0.352 e. The molecule has 0 saturated heterocycles. The van der Waals surface area contributed by atoms with Crippen LogP contribution in [0.4, 0.5) is 5.69 Å². The molecule has 2 heterocycles. The van der Waals surface area contributed by atoms with Crippen LogP contribution in [-0.2, 0) is 19.9 Å². The zero-order chi connectivity index (χ0) is 21.9. The number of fused-ring (bicyclic) bond motifs is 1. The maximum Gasteiger partial charge on any atom is 0.352 e. The molecule has 0 aliphatic rings. The second-order valence-corrected chi connectivity index (χ2v) is 10.4. The lowest BCUT2D eigenvalue weighted by atomic mass is 10.2. The van der Waals surface area contributed by atoms with E-state index in [1.165, 1.54) is 36.5 Å². The first kappa shape index (κ1) is 21.6. The lowest BCUT2D eigenvalue weighted by Crippen LogP contribution is -2.15. The number of carboxylic acid groups (broad SMARTS) is 1. The predicted molar refractivity (Wildman–Crippen MR) is 110 cm³/mol. The Morgan fingerprint density at radius 2 is 1.97 bits per heavy atom. The topological polar surface area (TPSA) is 156 Å². The maximum absolute atomic E-state index is 12.7. The molecule has 0 unspecified atom stereocenters. The molecule has 12 heteroatoms. The summed E-state index contributed by atoms with van der Waals surface area (Å²) in [6.07, 6.45) is 2.71. The number of sulfone groups is 1. The number of ether oxygens (including phenoxy) is 1. The van der Waals surface area contributed by atoms with Crippen molar-refractivity contribution in [2.75, 3.05) is 23.3 Å². The summed E-state index contributed by atoms with van der Waals surface area (Å²) >= 11 is 0. The van der Waals surface area contributed by atoms with Crippen LogP contribution < -0.4 is 9.46 Å². The van der Waals surface area contributed by atoms with Crippen LogP contribution in [0.15, 0.2) is 47.6 Å². The average molecular weight is 453 g/mol. The van der Waals surface area contributed by atoms with E-state index < -0.39 is 25.8 Å². The number of aromatic nitrogens is 2. The number of hydrogen-bond acceptors (Lipinski definition) is 7. The Morgan fingerprint density at radius 3 is 2.60 bits per heavy atom. The number of aromatic carboxylic acids is 1. The third-order valence-electron chi connectivity index (χ3n) is 4.02. The highest BCUT2D eigenvalue weighted by Crippen LogP contribution is 2.31. The minimum Gasteiger partial charge on any atom is -0.493 e. The summed E-state index contributed by atoms with van der Waals surface area (Å²) in [5.41, 5.74) is 0.205. The fraction of sp³-hybridized carbons (Fsp3) is 0.222. The Bertz CT molecular complexity index is 1280. The molecule has 0 fully saturated rings. The van der Waals surface area contributed by atoms with Gasteiger partial charge in [0.1, 0.15) is 21.3 Å². The lowest BCUT2D eigenvalue weighted by molar-refractivity contribution is 0.0691. The number of pyridine rings is 1. The zero-order valence-corrected chi connectivity index (χ0v) is 17.5. The van der Waals surface area contributed by atoms with Gasteiger partial charge < -0.3 is 14.8 Å². The van der Waals surface area contributed by atoms with Crippen LogP contribution in [-0.4, -0.2) is 56.5 Å². The van der Waals surface area contributed by atoms with Crippen molar-refractivity contribution in [3.05, 3.63) is 48.3 Å². The van der Waals surface area contributed by atoms with E-state index in [9.17, 15) is 26.7 Å². The van der Waals surface area contributed by atoms with Gasteiger partial charge in [-0.05, 0) is 30.7 Å². The second kappa shape index (κ2) is 8.32. The lowest BCUT2D eigenvalue weighted by Gasteiger charge is -2.12. The fourth-order valence-electron chi connectivity index (χ4n) is 2.71. The van der Waals surface area contributed by atoms with Gasteiger partial charge in [0.25, 0.3) is 10.0 Å². The van der Waals surface area contributed by atoms with Crippen molar-refractivity contribution in [1.29, 1.82) is 0 Å². The van der Waals surface area contributed by atoms with Gasteiger partial charge in [0.2, 0.25) is 0 Å². The van der Waals surface area contributed by atoms with Crippen molar-refractivity contribution in [2.24, 2.45) is 0 Å². The van der Waals surface area contributed by atoms with E-state index in [0.29, 0.717) is 5.39 Å². The first-order chi connectivity index (χ1) is 14.0. The number of nitrogens with zero attached hydrogens (tertiary/aromatic N) is 1. The highest BCUT2D eigenvalue weighted by Gasteiger charge is 2.19. The van der Waals surface area contributed by atoms with Crippen LogP contribution in [0.1, 0.15) is 16.9 Å². The largest absolute Gasteiger partial charge is 0.493 e. The highest BCUT2D eigenvalue weighted by atomic mass is 32.2. The van der Waals surface area contributed by atoms with Crippen LogP contribution >= 0.6 is 0 Å². The van der Waals surface area contributed by atoms with E-state index in [1.54, 1.807) is 6.07 Å². The van der Waals surface area contributed by atoms with Gasteiger partial charge in [0.15, 0.2) is 5.03 Å². The molecular formula is C18H19N3O7S2. The van der Waals surface area contributed by atoms with E-state index in [4.69, 9.17) is 4.74 Å². The van der Waals surface area contributed by atoms with Gasteiger partial charge in [-0.15, -0.1) is 0 Å². The molecule has 0 saturated carbocycles. The molecular weight excluding hydrogens is 434 g/mol. The van der Waals surface area contributed by atoms with Crippen LogP contribution in [0.25, 0.3) is 10.9 Å². The maximum atomic E-state index is 12.7. The van der Waals surface area contributed by atoms with Crippen LogP contribution in [0, 0.1) is 0 Å². The summed E-state index contributed by atoms with van der Waals surface area (Å²) in [5.74, 6) is -1.01. The number of hydrogen-bond donors (Lipinski definition) is 3. The first-order valence-corrected chi connectivity index (χ1v) is 12.2. The summed E-state index contributed by atoms with van der Waals surface area (Å²) in [6, 6.07) is 8.70. The van der Waals surface area contributed by atoms with Crippen LogP contribution in [0.2, 0.25) is 0 Å². The average Bonchev–Trinajstić information content (AvgIpc) is 3.10. The van der Waals surface area contributed by atoms with E-state index >= 15 is 0 Å². The Balaban J connectivity index is 1.95. The molecule has 0 aliphatic heterocycles. The number of H-pyrrole nitrogens is 1. The van der Waals surface area contributed by atoms with Gasteiger partial charge in [-0.3, -0.25) is 4.72 Å². The van der Waals surface area contributed by atoms with Crippen molar-refractivity contribution >= 4 is 42.4 Å². The Morgan fingerprint density at radius 1 is 1.20 bits per heavy atom. The summed E-state index contributed by atoms with van der Waals surface area (Å²) < 4.78 is 55.7. The normalized spacial score (nSPS) is 12.0. The second-order valence-electron chi connectivity index (χ2n) is 6.53. The van der Waals surface area contributed by atoms with E-state index in [2.05, 4.69) is 14.7 Å². The van der Waals surface area contributed by atoms with Gasteiger partial charge >= 0.3 is 5.97 Å². The summed E-state index contributed by atoms with van der Waals surface area (Å²) in [4.78, 5) is 17.8. The molecule has 3 aromatic rings. The van der Waals surface area contributed by atoms with E-state index in [0.717, 1.165) is 6.26 Å². The molecule has 3 N–H and O–H groups in total. The fourth-order valence-corrected chi connectivity index (χ4v) is 4.36. The van der Waals surface area contributed by atoms with Crippen molar-refractivity contribution in [3.8, 4) is 5.75 Å². The van der Waals surface area contributed by atoms with Crippen molar-refractivity contribution in [1.82, 2.24) is 9.97 Å². The Kier molecular flexibility index (Phi) is 5.99. The molecule has 160 valence electrons. The van der Waals surface area contributed by atoms with Gasteiger partial charge in [-0.1, -0.05) is 6.07 Å². The van der Waals surface area contributed by atoms with Crippen molar-refractivity contribution < 1.29 is 31.5 Å². The minimum atomic E-state index is -4.04. The molecule has 0 atom stereocenters. The van der Waals surface area contributed by atoms with Gasteiger partial charge in [0, 0.05) is 23.9 Å². The molecule has 0 bridgehead atoms. The number of sulfonamides is 1. The molecule has 10 nitrogen and oxygen atoms in total. The number of aromatic amines is 1. The summed E-state index contributed by atoms with van der Waals surface area (Å²) in [6.45, 7) is 0.0845. The third-order valence-corrected chi connectivity index (χ3v) is 6.33. The molecule has 3 rings (SSSR count). The molecule has 1 aromatic carbocycles. The molecule has 30 heavy (non-hydrogen) atoms. The SMILES string of the molecule is CS(=O)(=O)CCCOc1cc(NS(=O)(=O)c2ccccn2)c2[nH]c(C(=O)O)cc2c1. The highest BCUT2D eigenvalue weighted by molar-refractivity contribution is 7.92. The van der Waals surface area contributed by atoms with E-state index in [-0.39, 0.29) is 46.5 Å². The van der Waals surface area contributed by atoms with Crippen molar-refractivity contribution in [3.63, 3.8) is 0 Å². The van der Waals surface area contributed by atoms with Gasteiger partial charge in [0.05, 0.1) is 23.6 Å². The zero-order valence-electron chi connectivity index (χ0n) is 15.8. The quantitative estimate of drug-likeness (QED) is 0.415. The third kappa shape index (κ3) is 5.27. The standard InChI is InChI=1S/C18H19N3O7S2/c1-29(24,25)8-4-7-28-13-9-12-10-15(18(22)23)20-17(12)14(11-13)21-30(26,27)16-5-2-3-6-19-16/h2-3,5-6,9-11,20-21H,4,7-8H2,1H3,(H,22,23). The number of nitrogens with one attached hydrogen (secondary N) is 2. The number of benzene rings is 1. The minimum absolute atomic E-state index is 0.0538. The first-order valence-electron chi connectivity index (χ1n) is 8.69. The summed E-state index contributed by atoms with van der Waals surface area (Å²) in [7, 11) is -7.17. The number of carboxylic acids is 1. The summed E-state index contributed by atoms with van der Waals surface area (Å²) in [5, 5.41) is 9.44. The number of rotatable bonds is 9. The van der Waals surface area contributed by atoms with Gasteiger partial charge in [-0.2, -0.15) is 8.42 Å². The molecule has 0 radical (unpaired) electrons. The van der Waals surface area contributed by atoms with Gasteiger partial charge in [-0.25, -0.2) is 18.2 Å². The Hall–Kier alpha value is -3.12. The number of carbonyl (C=O) groups is 1. The molecule has 0 amide bonds. The molecule has 2 aromatic heterocycles. The molecule has 0 aliphatic carbocycles. The monoisotopic (exact) mass is 453 g/mol.